The maximum absolute atomic E-state index is 13.0. The summed E-state index contributed by atoms with van der Waals surface area (Å²) in [5.41, 5.74) is 0.825. The molecule has 1 aromatic heterocycles. The number of nitrogens with zero attached hydrogens (tertiary/aromatic N) is 2. The number of para-hydroxylation sites is 2. The fourth-order valence-corrected chi connectivity index (χ4v) is 3.32. The minimum Gasteiger partial charge on any atom is -0.340 e. The van der Waals surface area contributed by atoms with Crippen molar-refractivity contribution in [2.45, 2.75) is 12.2 Å². The lowest BCUT2D eigenvalue weighted by atomic mass is 10.1. The normalized spacial score (nSPS) is 18.0. The molecular weight excluding hydrogens is 357 g/mol. The minimum absolute atomic E-state index is 0.0211. The summed E-state index contributed by atoms with van der Waals surface area (Å²) in [6, 6.07) is 11.7. The van der Waals surface area contributed by atoms with Gasteiger partial charge < -0.3 is 15.2 Å². The molecule has 0 bridgehead atoms. The number of alkyl halides is 3. The van der Waals surface area contributed by atoms with Gasteiger partial charge in [-0.3, -0.25) is 4.79 Å². The maximum atomic E-state index is 13.0. The molecule has 0 spiro atoms. The lowest BCUT2D eigenvalue weighted by Crippen LogP contribution is -2.49. The molecule has 2 aromatic carbocycles. The Morgan fingerprint density at radius 1 is 1.15 bits per heavy atom. The number of carbonyl (C=O) groups is 1. The van der Waals surface area contributed by atoms with E-state index in [4.69, 9.17) is 0 Å². The molecule has 1 aliphatic heterocycles. The van der Waals surface area contributed by atoms with Crippen molar-refractivity contribution in [3.8, 4) is 0 Å². The third-order valence-corrected chi connectivity index (χ3v) is 4.66. The van der Waals surface area contributed by atoms with Crippen LogP contribution in [0.2, 0.25) is 0 Å². The number of nitrogens with one attached hydrogen (secondary N) is 2. The van der Waals surface area contributed by atoms with Gasteiger partial charge in [0, 0.05) is 25.2 Å². The van der Waals surface area contributed by atoms with Gasteiger partial charge in [0.2, 0.25) is 0 Å². The highest BCUT2D eigenvalue weighted by Crippen LogP contribution is 2.31. The molecule has 1 fully saturated rings. The highest BCUT2D eigenvalue weighted by atomic mass is 19.4. The second-order valence-electron chi connectivity index (χ2n) is 6.44. The topological polar surface area (TPSA) is 61.0 Å². The van der Waals surface area contributed by atoms with Gasteiger partial charge >= 0.3 is 6.18 Å². The Morgan fingerprint density at radius 3 is 2.74 bits per heavy atom. The van der Waals surface area contributed by atoms with Crippen LogP contribution in [0.15, 0.2) is 48.5 Å². The van der Waals surface area contributed by atoms with Gasteiger partial charge in [-0.1, -0.05) is 18.2 Å². The number of aromatic amines is 1. The Morgan fingerprint density at radius 2 is 1.96 bits per heavy atom. The van der Waals surface area contributed by atoms with E-state index in [2.05, 4.69) is 15.3 Å². The highest BCUT2D eigenvalue weighted by molar-refractivity contribution is 5.94. The number of carbonyl (C=O) groups excluding carboxylic acids is 1. The highest BCUT2D eigenvalue weighted by Gasteiger charge is 2.34. The van der Waals surface area contributed by atoms with Gasteiger partial charge in [-0.25, -0.2) is 4.98 Å². The van der Waals surface area contributed by atoms with E-state index in [0.29, 0.717) is 25.5 Å². The standard InChI is InChI=1S/C19H17F3N4O/c20-19(21,22)13-5-3-4-12(10-13)18(27)26-9-8-23-11-16(26)17-24-14-6-1-2-7-15(14)25-17/h1-7,10,16,23H,8-9,11H2,(H,24,25). The summed E-state index contributed by atoms with van der Waals surface area (Å²) in [7, 11) is 0. The number of rotatable bonds is 2. The van der Waals surface area contributed by atoms with Gasteiger partial charge in [0.05, 0.1) is 16.6 Å². The molecule has 1 saturated heterocycles. The number of imidazole rings is 1. The Bertz CT molecular complexity index is 949. The number of piperazine rings is 1. The fraction of sp³-hybridized carbons (Fsp3) is 0.263. The summed E-state index contributed by atoms with van der Waals surface area (Å²) in [5.74, 6) is 0.178. The van der Waals surface area contributed by atoms with Crippen LogP contribution in [0.1, 0.15) is 27.8 Å². The number of hydrogen-bond acceptors (Lipinski definition) is 3. The van der Waals surface area contributed by atoms with Crippen molar-refractivity contribution in [3.63, 3.8) is 0 Å². The Labute approximate surface area is 153 Å². The van der Waals surface area contributed by atoms with Crippen LogP contribution >= 0.6 is 0 Å². The van der Waals surface area contributed by atoms with E-state index >= 15 is 0 Å². The van der Waals surface area contributed by atoms with Crippen LogP contribution in [0.25, 0.3) is 11.0 Å². The predicted octanol–water partition coefficient (Wildman–Crippen LogP) is 3.37. The van der Waals surface area contributed by atoms with Crippen LogP contribution in [0, 0.1) is 0 Å². The SMILES string of the molecule is O=C(c1cccc(C(F)(F)F)c1)N1CCNCC1c1nc2ccccc2[nH]1. The molecule has 27 heavy (non-hydrogen) atoms. The number of aromatic nitrogens is 2. The van der Waals surface area contributed by atoms with Crippen LogP contribution in [0.4, 0.5) is 13.2 Å². The largest absolute Gasteiger partial charge is 0.416 e. The number of fused-ring (bicyclic) bond motifs is 1. The van der Waals surface area contributed by atoms with E-state index in [1.807, 2.05) is 24.3 Å². The molecule has 1 aliphatic rings. The van der Waals surface area contributed by atoms with Crippen LogP contribution < -0.4 is 5.32 Å². The molecule has 8 heteroatoms. The van der Waals surface area contributed by atoms with E-state index in [-0.39, 0.29) is 11.6 Å². The zero-order valence-electron chi connectivity index (χ0n) is 14.3. The first-order valence-electron chi connectivity index (χ1n) is 8.57. The van der Waals surface area contributed by atoms with Crippen molar-refractivity contribution in [1.82, 2.24) is 20.2 Å². The van der Waals surface area contributed by atoms with Crippen LogP contribution in [-0.2, 0) is 6.18 Å². The molecular formula is C19H17F3N4O. The Balaban J connectivity index is 1.67. The molecule has 1 unspecified atom stereocenters. The molecule has 0 aliphatic carbocycles. The molecule has 5 nitrogen and oxygen atoms in total. The Kier molecular flexibility index (Phi) is 4.35. The monoisotopic (exact) mass is 374 g/mol. The van der Waals surface area contributed by atoms with Crippen molar-refractivity contribution >= 4 is 16.9 Å². The van der Waals surface area contributed by atoms with Crippen LogP contribution in [0.5, 0.6) is 0 Å². The van der Waals surface area contributed by atoms with Gasteiger partial charge in [-0.05, 0) is 30.3 Å². The average Bonchev–Trinajstić information content (AvgIpc) is 3.11. The molecule has 1 amide bonds. The number of amides is 1. The third-order valence-electron chi connectivity index (χ3n) is 4.66. The molecule has 0 radical (unpaired) electrons. The molecule has 4 rings (SSSR count). The first-order chi connectivity index (χ1) is 12.9. The van der Waals surface area contributed by atoms with Crippen molar-refractivity contribution in [3.05, 3.63) is 65.5 Å². The second-order valence-corrected chi connectivity index (χ2v) is 6.44. The number of H-pyrrole nitrogens is 1. The van der Waals surface area contributed by atoms with E-state index in [1.54, 1.807) is 4.90 Å². The van der Waals surface area contributed by atoms with Crippen LogP contribution in [0.3, 0.4) is 0 Å². The first-order valence-corrected chi connectivity index (χ1v) is 8.57. The number of hydrogen-bond donors (Lipinski definition) is 2. The summed E-state index contributed by atoms with van der Waals surface area (Å²) in [4.78, 5) is 22.3. The van der Waals surface area contributed by atoms with Gasteiger partial charge in [0.25, 0.3) is 5.91 Å². The van der Waals surface area contributed by atoms with Crippen molar-refractivity contribution < 1.29 is 18.0 Å². The predicted molar refractivity (Wildman–Crippen MR) is 94.2 cm³/mol. The van der Waals surface area contributed by atoms with Crippen molar-refractivity contribution in [2.24, 2.45) is 0 Å². The smallest absolute Gasteiger partial charge is 0.340 e. The average molecular weight is 374 g/mol. The third kappa shape index (κ3) is 3.40. The molecule has 0 saturated carbocycles. The lowest BCUT2D eigenvalue weighted by Gasteiger charge is -2.35. The molecule has 3 aromatic rings. The first kappa shape index (κ1) is 17.5. The van der Waals surface area contributed by atoms with Crippen molar-refractivity contribution in [2.75, 3.05) is 19.6 Å². The Hall–Kier alpha value is -2.87. The summed E-state index contributed by atoms with van der Waals surface area (Å²) < 4.78 is 39.0. The van der Waals surface area contributed by atoms with E-state index < -0.39 is 17.6 Å². The zero-order chi connectivity index (χ0) is 19.0. The molecule has 140 valence electrons. The number of halogens is 3. The lowest BCUT2D eigenvalue weighted by molar-refractivity contribution is -0.137. The van der Waals surface area contributed by atoms with E-state index in [0.717, 1.165) is 23.2 Å². The molecule has 1 atom stereocenters. The molecule has 2 heterocycles. The zero-order valence-corrected chi connectivity index (χ0v) is 14.3. The quantitative estimate of drug-likeness (QED) is 0.723. The van der Waals surface area contributed by atoms with Crippen LogP contribution in [-0.4, -0.2) is 40.4 Å². The number of benzene rings is 2. The van der Waals surface area contributed by atoms with E-state index in [9.17, 15) is 18.0 Å². The fourth-order valence-electron chi connectivity index (χ4n) is 3.32. The summed E-state index contributed by atoms with van der Waals surface area (Å²) in [6.45, 7) is 1.43. The second kappa shape index (κ2) is 6.70. The van der Waals surface area contributed by atoms with Crippen molar-refractivity contribution in [1.29, 1.82) is 0 Å². The summed E-state index contributed by atoms with van der Waals surface area (Å²) in [6.07, 6.45) is -4.49. The summed E-state index contributed by atoms with van der Waals surface area (Å²) in [5, 5.41) is 3.22. The van der Waals surface area contributed by atoms with Gasteiger partial charge in [0.15, 0.2) is 0 Å². The summed E-state index contributed by atoms with van der Waals surface area (Å²) >= 11 is 0. The molecule has 2 N–H and O–H groups in total. The van der Waals surface area contributed by atoms with Gasteiger partial charge in [0.1, 0.15) is 11.9 Å². The van der Waals surface area contributed by atoms with Gasteiger partial charge in [-0.2, -0.15) is 13.2 Å². The van der Waals surface area contributed by atoms with Gasteiger partial charge in [-0.15, -0.1) is 0 Å². The van der Waals surface area contributed by atoms with E-state index in [1.165, 1.54) is 12.1 Å². The maximum Gasteiger partial charge on any atom is 0.416 e. The minimum atomic E-state index is -4.49.